The van der Waals surface area contributed by atoms with Crippen LogP contribution in [0.2, 0.25) is 0 Å². The Morgan fingerprint density at radius 1 is 1.29 bits per heavy atom. The lowest BCUT2D eigenvalue weighted by molar-refractivity contribution is 0.0149. The van der Waals surface area contributed by atoms with Crippen LogP contribution in [0.4, 0.5) is 0 Å². The van der Waals surface area contributed by atoms with Gasteiger partial charge in [-0.05, 0) is 57.1 Å². The molecule has 0 amide bonds. The average Bonchev–Trinajstić information content (AvgIpc) is 2.37. The van der Waals surface area contributed by atoms with Crippen LogP contribution in [0.25, 0.3) is 0 Å². The summed E-state index contributed by atoms with van der Waals surface area (Å²) in [5.74, 6) is 3.48. The highest BCUT2D eigenvalue weighted by molar-refractivity contribution is 5.08. The maximum Gasteiger partial charge on any atom is 0.0124 e. The van der Waals surface area contributed by atoms with Crippen LogP contribution in [-0.4, -0.2) is 23.5 Å². The van der Waals surface area contributed by atoms with E-state index < -0.39 is 0 Å². The van der Waals surface area contributed by atoms with Gasteiger partial charge in [-0.25, -0.2) is 0 Å². The number of terminal acetylenes is 1. The van der Waals surface area contributed by atoms with Gasteiger partial charge in [0.1, 0.15) is 0 Å². The molecule has 0 spiro atoms. The van der Waals surface area contributed by atoms with E-state index in [4.69, 9.17) is 6.42 Å². The number of rotatable bonds is 3. The minimum atomic E-state index is 0.818. The van der Waals surface area contributed by atoms with E-state index in [2.05, 4.69) is 23.8 Å². The van der Waals surface area contributed by atoms with E-state index in [9.17, 15) is 0 Å². The van der Waals surface area contributed by atoms with E-state index in [1.807, 2.05) is 6.08 Å². The molecule has 2 rings (SSSR count). The van der Waals surface area contributed by atoms with Crippen molar-refractivity contribution in [3.05, 3.63) is 12.2 Å². The molecule has 2 saturated heterocycles. The predicted octanol–water partition coefficient (Wildman–Crippen LogP) is 3.61. The first-order chi connectivity index (χ1) is 8.33. The Bertz CT molecular complexity index is 299. The summed E-state index contributed by atoms with van der Waals surface area (Å²) in [7, 11) is 0. The zero-order valence-electron chi connectivity index (χ0n) is 11.1. The highest BCUT2D eigenvalue weighted by Crippen LogP contribution is 2.35. The normalized spacial score (nSPS) is 34.5. The van der Waals surface area contributed by atoms with Gasteiger partial charge in [0.05, 0.1) is 0 Å². The molecule has 2 aliphatic rings. The van der Waals surface area contributed by atoms with E-state index in [-0.39, 0.29) is 0 Å². The number of nitrogens with zero attached hydrogens (tertiary/aromatic N) is 1. The molecule has 3 atom stereocenters. The molecule has 94 valence electrons. The van der Waals surface area contributed by atoms with Gasteiger partial charge in [0, 0.05) is 12.1 Å². The minimum absolute atomic E-state index is 0.818. The second-order valence-electron chi connectivity index (χ2n) is 5.66. The summed E-state index contributed by atoms with van der Waals surface area (Å²) in [6.07, 6.45) is 18.7. The number of allylic oxidation sites excluding steroid dienone is 2. The van der Waals surface area contributed by atoms with Crippen LogP contribution in [0, 0.1) is 18.3 Å². The van der Waals surface area contributed by atoms with Crippen molar-refractivity contribution in [1.82, 2.24) is 4.90 Å². The van der Waals surface area contributed by atoms with Crippen molar-refractivity contribution >= 4 is 0 Å². The molecule has 0 N–H and O–H groups in total. The number of hydrogen-bond acceptors (Lipinski definition) is 1. The molecule has 1 heteroatoms. The molecular formula is C16H25N. The average molecular weight is 231 g/mol. The van der Waals surface area contributed by atoms with Crippen molar-refractivity contribution in [2.24, 2.45) is 5.92 Å². The van der Waals surface area contributed by atoms with E-state index in [1.165, 1.54) is 45.1 Å². The Kier molecular flexibility index (Phi) is 4.68. The van der Waals surface area contributed by atoms with Gasteiger partial charge in [0.15, 0.2) is 0 Å². The third-order valence-electron chi connectivity index (χ3n) is 4.55. The van der Waals surface area contributed by atoms with Crippen LogP contribution in [0.5, 0.6) is 0 Å². The van der Waals surface area contributed by atoms with Crippen molar-refractivity contribution in [1.29, 1.82) is 0 Å². The molecule has 17 heavy (non-hydrogen) atoms. The highest BCUT2D eigenvalue weighted by atomic mass is 15.2. The monoisotopic (exact) mass is 231 g/mol. The predicted molar refractivity (Wildman–Crippen MR) is 73.7 cm³/mol. The first-order valence-corrected chi connectivity index (χ1v) is 7.20. The number of piperidine rings is 2. The second kappa shape index (κ2) is 6.26. The van der Waals surface area contributed by atoms with Gasteiger partial charge in [-0.3, -0.25) is 4.90 Å². The first-order valence-electron chi connectivity index (χ1n) is 7.20. The lowest BCUT2D eigenvalue weighted by Crippen LogP contribution is -2.52. The van der Waals surface area contributed by atoms with Crippen LogP contribution in [0.3, 0.4) is 0 Å². The van der Waals surface area contributed by atoms with E-state index >= 15 is 0 Å². The second-order valence-corrected chi connectivity index (χ2v) is 5.66. The summed E-state index contributed by atoms with van der Waals surface area (Å²) >= 11 is 0. The summed E-state index contributed by atoms with van der Waals surface area (Å²) in [4.78, 5) is 2.81. The van der Waals surface area contributed by atoms with Gasteiger partial charge in [0.2, 0.25) is 0 Å². The summed E-state index contributed by atoms with van der Waals surface area (Å²) in [6.45, 7) is 3.77. The molecule has 0 radical (unpaired) electrons. The van der Waals surface area contributed by atoms with Crippen molar-refractivity contribution in [3.8, 4) is 12.3 Å². The molecule has 2 aliphatic heterocycles. The molecule has 2 fully saturated rings. The smallest absolute Gasteiger partial charge is 0.0124 e. The highest BCUT2D eigenvalue weighted by Gasteiger charge is 2.35. The Morgan fingerprint density at radius 2 is 2.18 bits per heavy atom. The van der Waals surface area contributed by atoms with Crippen LogP contribution in [0.1, 0.15) is 51.9 Å². The molecular weight excluding hydrogens is 206 g/mol. The minimum Gasteiger partial charge on any atom is -0.297 e. The molecule has 0 aromatic heterocycles. The van der Waals surface area contributed by atoms with Gasteiger partial charge < -0.3 is 0 Å². The Labute approximate surface area is 106 Å². The molecule has 0 bridgehead atoms. The third-order valence-corrected chi connectivity index (χ3v) is 4.55. The maximum absolute atomic E-state index is 5.22. The van der Waals surface area contributed by atoms with Gasteiger partial charge in [-0.2, -0.15) is 0 Å². The SMILES string of the molecule is C#C/C=C/CCC1CCC(C)C2CCCCN12. The van der Waals surface area contributed by atoms with Crippen molar-refractivity contribution in [2.45, 2.75) is 64.0 Å². The van der Waals surface area contributed by atoms with Crippen LogP contribution < -0.4 is 0 Å². The van der Waals surface area contributed by atoms with Crippen LogP contribution in [-0.2, 0) is 0 Å². The zero-order valence-corrected chi connectivity index (χ0v) is 11.1. The van der Waals surface area contributed by atoms with Gasteiger partial charge in [-0.1, -0.05) is 25.3 Å². The quantitative estimate of drug-likeness (QED) is 0.671. The Morgan fingerprint density at radius 3 is 3.00 bits per heavy atom. The fourth-order valence-electron chi connectivity index (χ4n) is 3.61. The van der Waals surface area contributed by atoms with Gasteiger partial charge in [-0.15, -0.1) is 6.42 Å². The van der Waals surface area contributed by atoms with Crippen molar-refractivity contribution < 1.29 is 0 Å². The largest absolute Gasteiger partial charge is 0.297 e. The number of hydrogen-bond donors (Lipinski definition) is 0. The first kappa shape index (κ1) is 12.7. The topological polar surface area (TPSA) is 3.24 Å². The fraction of sp³-hybridized carbons (Fsp3) is 0.750. The Balaban J connectivity index is 1.89. The summed E-state index contributed by atoms with van der Waals surface area (Å²) < 4.78 is 0. The third kappa shape index (κ3) is 3.13. The molecule has 2 heterocycles. The molecule has 1 nitrogen and oxygen atoms in total. The van der Waals surface area contributed by atoms with Crippen LogP contribution in [0.15, 0.2) is 12.2 Å². The molecule has 3 unspecified atom stereocenters. The van der Waals surface area contributed by atoms with E-state index in [0.29, 0.717) is 0 Å². The molecule has 0 saturated carbocycles. The Hall–Kier alpha value is -0.740. The van der Waals surface area contributed by atoms with Gasteiger partial charge in [0.25, 0.3) is 0 Å². The van der Waals surface area contributed by atoms with Crippen molar-refractivity contribution in [2.75, 3.05) is 6.54 Å². The molecule has 0 aromatic rings. The standard InChI is InChI=1S/C16H25N/c1-3-4-5-6-9-15-12-11-14(2)16-10-7-8-13-17(15)16/h1,4-5,14-16H,6-13H2,2H3/b5-4+. The maximum atomic E-state index is 5.22. The summed E-state index contributed by atoms with van der Waals surface area (Å²) in [6, 6.07) is 1.69. The summed E-state index contributed by atoms with van der Waals surface area (Å²) in [5, 5.41) is 0. The van der Waals surface area contributed by atoms with Crippen molar-refractivity contribution in [3.63, 3.8) is 0 Å². The lowest BCUT2D eigenvalue weighted by Gasteiger charge is -2.48. The molecule has 0 aromatic carbocycles. The van der Waals surface area contributed by atoms with Gasteiger partial charge >= 0.3 is 0 Å². The number of fused-ring (bicyclic) bond motifs is 1. The summed E-state index contributed by atoms with van der Waals surface area (Å²) in [5.41, 5.74) is 0. The lowest BCUT2D eigenvalue weighted by atomic mass is 9.80. The van der Waals surface area contributed by atoms with Crippen LogP contribution >= 0.6 is 0 Å². The zero-order chi connectivity index (χ0) is 12.1. The molecule has 0 aliphatic carbocycles. The van der Waals surface area contributed by atoms with E-state index in [1.54, 1.807) is 0 Å². The van der Waals surface area contributed by atoms with E-state index in [0.717, 1.165) is 24.4 Å². The fourth-order valence-corrected chi connectivity index (χ4v) is 3.61.